The summed E-state index contributed by atoms with van der Waals surface area (Å²) in [6.45, 7) is 3.44. The molecule has 3 heterocycles. The Hall–Kier alpha value is -5.19. The lowest BCUT2D eigenvalue weighted by atomic mass is 10.1. The summed E-state index contributed by atoms with van der Waals surface area (Å²) in [6, 6.07) is 19.6. The normalized spacial score (nSPS) is 13.4. The Kier molecular flexibility index (Phi) is 7.45. The van der Waals surface area contributed by atoms with Crippen molar-refractivity contribution in [2.45, 2.75) is 26.3 Å². The van der Waals surface area contributed by atoms with E-state index in [1.807, 2.05) is 22.8 Å². The van der Waals surface area contributed by atoms with E-state index in [0.29, 0.717) is 34.7 Å². The van der Waals surface area contributed by atoms with Crippen molar-refractivity contribution in [1.29, 1.82) is 0 Å². The van der Waals surface area contributed by atoms with Crippen molar-refractivity contribution in [2.24, 2.45) is 16.6 Å². The number of rotatable bonds is 8. The largest absolute Gasteiger partial charge is 0.380 e. The summed E-state index contributed by atoms with van der Waals surface area (Å²) < 4.78 is 1.84. The van der Waals surface area contributed by atoms with Crippen LogP contribution < -0.4 is 21.7 Å². The van der Waals surface area contributed by atoms with Crippen LogP contribution in [0.3, 0.4) is 0 Å². The first-order chi connectivity index (χ1) is 19.3. The molecule has 2 amide bonds. The predicted molar refractivity (Wildman–Crippen MR) is 152 cm³/mol. The SMILES string of the molecule is CC(=O)O/N=C(/N)c1ccc2cc(C(=O)Nc3cccc(N4CCCC4)n3)n(Cc3ccc(C(N)=O)cc3)c2c1. The number of nitrogens with two attached hydrogens (primary N) is 2. The minimum Gasteiger partial charge on any atom is -0.380 e. The third-order valence-electron chi connectivity index (χ3n) is 6.69. The van der Waals surface area contributed by atoms with Gasteiger partial charge < -0.3 is 31.1 Å². The number of primary amides is 1. The van der Waals surface area contributed by atoms with Gasteiger partial charge in [0.05, 0.1) is 0 Å². The summed E-state index contributed by atoms with van der Waals surface area (Å²) in [5.41, 5.74) is 14.3. The fourth-order valence-electron chi connectivity index (χ4n) is 4.69. The lowest BCUT2D eigenvalue weighted by Crippen LogP contribution is -2.21. The molecule has 0 unspecified atom stereocenters. The maximum atomic E-state index is 13.6. The van der Waals surface area contributed by atoms with Crippen LogP contribution in [-0.2, 0) is 16.2 Å². The quantitative estimate of drug-likeness (QED) is 0.134. The van der Waals surface area contributed by atoms with Crippen molar-refractivity contribution >= 4 is 46.2 Å². The molecule has 11 nitrogen and oxygen atoms in total. The van der Waals surface area contributed by atoms with Crippen LogP contribution >= 0.6 is 0 Å². The van der Waals surface area contributed by atoms with E-state index in [0.717, 1.165) is 42.7 Å². The molecule has 0 saturated carbocycles. The van der Waals surface area contributed by atoms with Gasteiger partial charge in [0.1, 0.15) is 17.3 Å². The minimum absolute atomic E-state index is 0.0181. The van der Waals surface area contributed by atoms with E-state index >= 15 is 0 Å². The van der Waals surface area contributed by atoms with Gasteiger partial charge in [-0.05, 0) is 54.8 Å². The number of anilines is 2. The molecule has 2 aromatic carbocycles. The van der Waals surface area contributed by atoms with Gasteiger partial charge >= 0.3 is 5.97 Å². The molecular weight excluding hydrogens is 510 g/mol. The van der Waals surface area contributed by atoms with E-state index in [4.69, 9.17) is 11.5 Å². The number of nitrogens with zero attached hydrogens (tertiary/aromatic N) is 4. The number of amides is 2. The Labute approximate surface area is 230 Å². The van der Waals surface area contributed by atoms with Crippen LogP contribution in [0.15, 0.2) is 71.9 Å². The number of hydrogen-bond donors (Lipinski definition) is 3. The zero-order valence-electron chi connectivity index (χ0n) is 22.0. The average Bonchev–Trinajstić information content (AvgIpc) is 3.61. The fourth-order valence-corrected chi connectivity index (χ4v) is 4.69. The Morgan fingerprint density at radius 3 is 2.40 bits per heavy atom. The van der Waals surface area contributed by atoms with E-state index in [9.17, 15) is 14.4 Å². The number of pyridine rings is 1. The highest BCUT2D eigenvalue weighted by atomic mass is 16.7. The molecule has 1 aliphatic heterocycles. The number of carbonyl (C=O) groups is 3. The van der Waals surface area contributed by atoms with Gasteiger partial charge in [0.2, 0.25) is 5.91 Å². The fraction of sp³-hybridized carbons (Fsp3) is 0.207. The van der Waals surface area contributed by atoms with Gasteiger partial charge in [0.15, 0.2) is 5.84 Å². The van der Waals surface area contributed by atoms with Crippen LogP contribution in [0.25, 0.3) is 10.9 Å². The Morgan fingerprint density at radius 1 is 0.975 bits per heavy atom. The number of nitrogens with one attached hydrogen (secondary N) is 1. The molecule has 0 aliphatic carbocycles. The molecule has 0 atom stereocenters. The summed E-state index contributed by atoms with van der Waals surface area (Å²) >= 11 is 0. The molecule has 204 valence electrons. The van der Waals surface area contributed by atoms with Gasteiger partial charge in [0.25, 0.3) is 5.91 Å². The van der Waals surface area contributed by atoms with Crippen LogP contribution in [0.5, 0.6) is 0 Å². The number of hydrogen-bond acceptors (Lipinski definition) is 7. The van der Waals surface area contributed by atoms with Crippen molar-refractivity contribution in [3.8, 4) is 0 Å². The Morgan fingerprint density at radius 2 is 1.70 bits per heavy atom. The molecule has 1 saturated heterocycles. The van der Waals surface area contributed by atoms with E-state index in [1.165, 1.54) is 6.92 Å². The van der Waals surface area contributed by atoms with Crippen molar-refractivity contribution in [1.82, 2.24) is 9.55 Å². The van der Waals surface area contributed by atoms with Crippen molar-refractivity contribution in [3.05, 3.63) is 89.1 Å². The predicted octanol–water partition coefficient (Wildman–Crippen LogP) is 3.22. The van der Waals surface area contributed by atoms with Gasteiger partial charge in [-0.15, -0.1) is 0 Å². The number of carbonyl (C=O) groups excluding carboxylic acids is 3. The minimum atomic E-state index is -0.590. The number of aromatic nitrogens is 2. The lowest BCUT2D eigenvalue weighted by molar-refractivity contribution is -0.140. The highest BCUT2D eigenvalue weighted by Crippen LogP contribution is 2.25. The van der Waals surface area contributed by atoms with E-state index in [-0.39, 0.29) is 11.7 Å². The molecular formula is C29H29N7O4. The molecule has 1 aliphatic rings. The van der Waals surface area contributed by atoms with Gasteiger partial charge in [-0.25, -0.2) is 9.78 Å². The molecule has 0 radical (unpaired) electrons. The van der Waals surface area contributed by atoms with Crippen molar-refractivity contribution in [2.75, 3.05) is 23.3 Å². The van der Waals surface area contributed by atoms with Crippen LogP contribution in [-0.4, -0.2) is 46.3 Å². The third-order valence-corrected chi connectivity index (χ3v) is 6.69. The molecule has 4 aromatic rings. The highest BCUT2D eigenvalue weighted by molar-refractivity contribution is 6.07. The summed E-state index contributed by atoms with van der Waals surface area (Å²) in [4.78, 5) is 47.9. The second kappa shape index (κ2) is 11.3. The molecule has 0 spiro atoms. The number of oxime groups is 1. The summed E-state index contributed by atoms with van der Waals surface area (Å²) in [5.74, 6) is -0.140. The van der Waals surface area contributed by atoms with Crippen molar-refractivity contribution in [3.63, 3.8) is 0 Å². The van der Waals surface area contributed by atoms with E-state index in [1.54, 1.807) is 48.5 Å². The standard InChI is InChI=1S/C29H29N7O4/c1-18(37)40-34-27(30)22-12-11-21-15-24(29(39)33-25-5-4-6-26(32-25)35-13-2-3-14-35)36(23(21)16-22)17-19-7-9-20(10-8-19)28(31)38/h4-12,15-16H,2-3,13-14,17H2,1H3,(H2,30,34)(H2,31,38)(H,32,33,39). The first-order valence-corrected chi connectivity index (χ1v) is 12.9. The first kappa shape index (κ1) is 26.4. The van der Waals surface area contributed by atoms with Crippen LogP contribution in [0, 0.1) is 0 Å². The van der Waals surface area contributed by atoms with Crippen LogP contribution in [0.2, 0.25) is 0 Å². The molecule has 1 fully saturated rings. The molecule has 5 N–H and O–H groups in total. The number of benzene rings is 2. The second-order valence-corrected chi connectivity index (χ2v) is 9.54. The Balaban J connectivity index is 1.51. The smallest absolute Gasteiger partial charge is 0.332 e. The zero-order valence-corrected chi connectivity index (χ0v) is 22.0. The molecule has 2 aromatic heterocycles. The third kappa shape index (κ3) is 5.78. The first-order valence-electron chi connectivity index (χ1n) is 12.9. The summed E-state index contributed by atoms with van der Waals surface area (Å²) in [6.07, 6.45) is 2.24. The second-order valence-electron chi connectivity index (χ2n) is 9.54. The zero-order chi connectivity index (χ0) is 28.2. The van der Waals surface area contributed by atoms with E-state index < -0.39 is 11.9 Å². The highest BCUT2D eigenvalue weighted by Gasteiger charge is 2.19. The van der Waals surface area contributed by atoms with Gasteiger partial charge in [-0.3, -0.25) is 9.59 Å². The van der Waals surface area contributed by atoms with Gasteiger partial charge in [-0.2, -0.15) is 0 Å². The maximum Gasteiger partial charge on any atom is 0.332 e. The molecule has 40 heavy (non-hydrogen) atoms. The van der Waals surface area contributed by atoms with Crippen LogP contribution in [0.4, 0.5) is 11.6 Å². The molecule has 11 heteroatoms. The van der Waals surface area contributed by atoms with Gasteiger partial charge in [-0.1, -0.05) is 35.5 Å². The maximum absolute atomic E-state index is 13.6. The summed E-state index contributed by atoms with van der Waals surface area (Å²) in [5, 5.41) is 7.41. The van der Waals surface area contributed by atoms with Gasteiger partial charge in [0, 0.05) is 48.6 Å². The number of fused-ring (bicyclic) bond motifs is 1. The van der Waals surface area contributed by atoms with Crippen LogP contribution in [0.1, 0.15) is 51.7 Å². The molecule has 0 bridgehead atoms. The number of amidine groups is 1. The monoisotopic (exact) mass is 539 g/mol. The Bertz CT molecular complexity index is 1620. The topological polar surface area (TPSA) is 158 Å². The van der Waals surface area contributed by atoms with Crippen molar-refractivity contribution < 1.29 is 19.2 Å². The average molecular weight is 540 g/mol. The molecule has 5 rings (SSSR count). The summed E-state index contributed by atoms with van der Waals surface area (Å²) in [7, 11) is 0. The lowest BCUT2D eigenvalue weighted by Gasteiger charge is -2.17. The van der Waals surface area contributed by atoms with E-state index in [2.05, 4.69) is 25.2 Å².